The summed E-state index contributed by atoms with van der Waals surface area (Å²) >= 11 is 1.24. The minimum atomic E-state index is -0.674. The van der Waals surface area contributed by atoms with E-state index in [2.05, 4.69) is 10.2 Å². The van der Waals surface area contributed by atoms with Crippen LogP contribution in [0.4, 0.5) is 4.39 Å². The van der Waals surface area contributed by atoms with Gasteiger partial charge in [-0.25, -0.2) is 4.39 Å². The van der Waals surface area contributed by atoms with Crippen LogP contribution in [-0.2, 0) is 0 Å². The van der Waals surface area contributed by atoms with Crippen LogP contribution in [0, 0.1) is 12.7 Å². The van der Waals surface area contributed by atoms with E-state index in [4.69, 9.17) is 9.15 Å². The van der Waals surface area contributed by atoms with Crippen LogP contribution in [0.3, 0.4) is 0 Å². The molecule has 25 heavy (non-hydrogen) atoms. The number of aliphatic hydroxyl groups is 1. The molecule has 0 saturated carbocycles. The summed E-state index contributed by atoms with van der Waals surface area (Å²) in [6, 6.07) is 13.4. The molecule has 0 aliphatic heterocycles. The quantitative estimate of drug-likeness (QED) is 0.648. The lowest BCUT2D eigenvalue weighted by molar-refractivity contribution is 0.126. The Hall–Kier alpha value is -2.38. The monoisotopic (exact) mass is 360 g/mol. The highest BCUT2D eigenvalue weighted by molar-refractivity contribution is 7.99. The molecule has 1 atom stereocenters. The number of nitrogens with zero attached hydrogens (tertiary/aromatic N) is 2. The van der Waals surface area contributed by atoms with E-state index in [0.29, 0.717) is 28.2 Å². The summed E-state index contributed by atoms with van der Waals surface area (Å²) in [5, 5.41) is 18.2. The Balaban J connectivity index is 1.48. The molecule has 3 aromatic rings. The molecule has 2 aromatic carbocycles. The van der Waals surface area contributed by atoms with E-state index in [1.54, 1.807) is 12.1 Å². The maximum atomic E-state index is 12.9. The molecule has 0 radical (unpaired) electrons. The van der Waals surface area contributed by atoms with E-state index in [1.165, 1.54) is 23.9 Å². The standard InChI is InChI=1S/C18H17FN2O3S/c1-12-2-8-16(9-3-12)23-10-15(22)11-25-18-21-20-17(24-18)13-4-6-14(19)7-5-13/h2-9,15,22H,10-11H2,1H3/t15-/m1/s1. The van der Waals surface area contributed by atoms with Gasteiger partial charge < -0.3 is 14.3 Å². The van der Waals surface area contributed by atoms with Crippen molar-refractivity contribution in [2.24, 2.45) is 0 Å². The van der Waals surface area contributed by atoms with Gasteiger partial charge in [-0.3, -0.25) is 0 Å². The van der Waals surface area contributed by atoms with Gasteiger partial charge in [0, 0.05) is 11.3 Å². The predicted octanol–water partition coefficient (Wildman–Crippen LogP) is 3.72. The second-order valence-corrected chi connectivity index (χ2v) is 6.44. The third-order valence-corrected chi connectivity index (χ3v) is 4.32. The Bertz CT molecular complexity index is 806. The fourth-order valence-electron chi connectivity index (χ4n) is 2.02. The zero-order chi connectivity index (χ0) is 17.6. The maximum absolute atomic E-state index is 12.9. The molecule has 1 aromatic heterocycles. The minimum absolute atomic E-state index is 0.176. The molecule has 130 valence electrons. The number of aryl methyl sites for hydroxylation is 1. The molecule has 0 spiro atoms. The number of aromatic nitrogens is 2. The molecule has 1 heterocycles. The summed E-state index contributed by atoms with van der Waals surface area (Å²) in [6.07, 6.45) is -0.674. The number of benzene rings is 2. The van der Waals surface area contributed by atoms with Gasteiger partial charge in [0.25, 0.3) is 5.22 Å². The third kappa shape index (κ3) is 5.04. The van der Waals surface area contributed by atoms with Gasteiger partial charge in [-0.1, -0.05) is 29.5 Å². The van der Waals surface area contributed by atoms with Gasteiger partial charge in [-0.05, 0) is 43.3 Å². The largest absolute Gasteiger partial charge is 0.491 e. The van der Waals surface area contributed by atoms with E-state index in [-0.39, 0.29) is 12.4 Å². The number of thioether (sulfide) groups is 1. The fraction of sp³-hybridized carbons (Fsp3) is 0.222. The first-order valence-electron chi connectivity index (χ1n) is 7.70. The number of halogens is 1. The molecule has 0 amide bonds. The van der Waals surface area contributed by atoms with Gasteiger partial charge >= 0.3 is 0 Å². The van der Waals surface area contributed by atoms with Crippen molar-refractivity contribution < 1.29 is 18.7 Å². The average molecular weight is 360 g/mol. The molecule has 1 N–H and O–H groups in total. The van der Waals surface area contributed by atoms with Gasteiger partial charge in [-0.15, -0.1) is 10.2 Å². The van der Waals surface area contributed by atoms with Crippen LogP contribution in [0.15, 0.2) is 58.2 Å². The first-order valence-corrected chi connectivity index (χ1v) is 8.68. The zero-order valence-corrected chi connectivity index (χ0v) is 14.4. The van der Waals surface area contributed by atoms with Crippen LogP contribution in [0.1, 0.15) is 5.56 Å². The number of rotatable bonds is 7. The van der Waals surface area contributed by atoms with Gasteiger partial charge in [-0.2, -0.15) is 0 Å². The van der Waals surface area contributed by atoms with Crippen LogP contribution in [-0.4, -0.2) is 33.8 Å². The first kappa shape index (κ1) is 17.4. The summed E-state index contributed by atoms with van der Waals surface area (Å²) < 4.78 is 24.0. The van der Waals surface area contributed by atoms with Crippen molar-refractivity contribution in [3.63, 3.8) is 0 Å². The molecule has 0 aliphatic rings. The topological polar surface area (TPSA) is 68.4 Å². The lowest BCUT2D eigenvalue weighted by Crippen LogP contribution is -2.20. The third-order valence-electron chi connectivity index (χ3n) is 3.36. The predicted molar refractivity (Wildman–Crippen MR) is 93.1 cm³/mol. The van der Waals surface area contributed by atoms with E-state index < -0.39 is 6.10 Å². The molecule has 0 fully saturated rings. The second kappa shape index (κ2) is 8.13. The van der Waals surface area contributed by atoms with Gasteiger partial charge in [0.15, 0.2) is 0 Å². The van der Waals surface area contributed by atoms with Crippen molar-refractivity contribution in [2.75, 3.05) is 12.4 Å². The molecular formula is C18H17FN2O3S. The van der Waals surface area contributed by atoms with Gasteiger partial charge in [0.2, 0.25) is 5.89 Å². The minimum Gasteiger partial charge on any atom is -0.491 e. The lowest BCUT2D eigenvalue weighted by Gasteiger charge is -2.11. The molecule has 5 nitrogen and oxygen atoms in total. The van der Waals surface area contributed by atoms with E-state index in [1.807, 2.05) is 31.2 Å². The highest BCUT2D eigenvalue weighted by Crippen LogP contribution is 2.24. The SMILES string of the molecule is Cc1ccc(OC[C@@H](O)CSc2nnc(-c3ccc(F)cc3)o2)cc1. The molecule has 0 saturated heterocycles. The Kier molecular flexibility index (Phi) is 5.67. The summed E-state index contributed by atoms with van der Waals surface area (Å²) in [5.41, 5.74) is 1.79. The van der Waals surface area contributed by atoms with E-state index in [9.17, 15) is 9.50 Å². The van der Waals surface area contributed by atoms with Crippen molar-refractivity contribution in [1.29, 1.82) is 0 Å². The molecular weight excluding hydrogens is 343 g/mol. The molecule has 3 rings (SSSR count). The zero-order valence-electron chi connectivity index (χ0n) is 13.6. The summed E-state index contributed by atoms with van der Waals surface area (Å²) in [6.45, 7) is 2.18. The average Bonchev–Trinajstić information content (AvgIpc) is 3.09. The summed E-state index contributed by atoms with van der Waals surface area (Å²) in [5.74, 6) is 1.06. The maximum Gasteiger partial charge on any atom is 0.276 e. The number of ether oxygens (including phenoxy) is 1. The van der Waals surface area contributed by atoms with Crippen LogP contribution in [0.5, 0.6) is 5.75 Å². The van der Waals surface area contributed by atoms with Crippen molar-refractivity contribution >= 4 is 11.8 Å². The Morgan fingerprint density at radius 2 is 1.84 bits per heavy atom. The molecule has 0 unspecified atom stereocenters. The van der Waals surface area contributed by atoms with E-state index >= 15 is 0 Å². The van der Waals surface area contributed by atoms with Gasteiger partial charge in [0.05, 0.1) is 6.10 Å². The Labute approximate surface area is 148 Å². The molecule has 0 aliphatic carbocycles. The van der Waals surface area contributed by atoms with Crippen LogP contribution in [0.2, 0.25) is 0 Å². The fourth-order valence-corrected chi connectivity index (χ4v) is 2.69. The lowest BCUT2D eigenvalue weighted by atomic mass is 10.2. The highest BCUT2D eigenvalue weighted by atomic mass is 32.2. The smallest absolute Gasteiger partial charge is 0.276 e. The number of aliphatic hydroxyl groups excluding tert-OH is 1. The Morgan fingerprint density at radius 3 is 2.56 bits per heavy atom. The molecule has 7 heteroatoms. The van der Waals surface area contributed by atoms with Crippen molar-refractivity contribution in [1.82, 2.24) is 10.2 Å². The van der Waals surface area contributed by atoms with Crippen LogP contribution in [0.25, 0.3) is 11.5 Å². The Morgan fingerprint density at radius 1 is 1.12 bits per heavy atom. The summed E-state index contributed by atoms with van der Waals surface area (Å²) in [7, 11) is 0. The molecule has 0 bridgehead atoms. The van der Waals surface area contributed by atoms with Gasteiger partial charge in [0.1, 0.15) is 18.2 Å². The van der Waals surface area contributed by atoms with Crippen LogP contribution >= 0.6 is 11.8 Å². The van der Waals surface area contributed by atoms with E-state index in [0.717, 1.165) is 5.56 Å². The first-order chi connectivity index (χ1) is 12.1. The van der Waals surface area contributed by atoms with Crippen molar-refractivity contribution in [2.45, 2.75) is 18.3 Å². The van der Waals surface area contributed by atoms with Crippen molar-refractivity contribution in [3.05, 3.63) is 59.9 Å². The normalized spacial score (nSPS) is 12.1. The number of hydrogen-bond donors (Lipinski definition) is 1. The van der Waals surface area contributed by atoms with Crippen molar-refractivity contribution in [3.8, 4) is 17.2 Å². The highest BCUT2D eigenvalue weighted by Gasteiger charge is 2.12. The number of hydrogen-bond acceptors (Lipinski definition) is 6. The van der Waals surface area contributed by atoms with Crippen LogP contribution < -0.4 is 4.74 Å². The second-order valence-electron chi connectivity index (χ2n) is 5.47. The summed E-state index contributed by atoms with van der Waals surface area (Å²) in [4.78, 5) is 0.